The Labute approximate surface area is 174 Å². The molecule has 12 heteroatoms. The molecule has 0 aliphatic heterocycles. The summed E-state index contributed by atoms with van der Waals surface area (Å²) in [4.78, 5) is 15.9. The number of ether oxygens (including phenoxy) is 1. The zero-order valence-electron chi connectivity index (χ0n) is 14.7. The summed E-state index contributed by atoms with van der Waals surface area (Å²) in [6.45, 7) is 0. The lowest BCUT2D eigenvalue weighted by Gasteiger charge is -2.34. The molecule has 0 radical (unpaired) electrons. The molecule has 0 unspecified atom stereocenters. The van der Waals surface area contributed by atoms with Crippen molar-refractivity contribution in [1.82, 2.24) is 9.71 Å². The number of nitrogens with one attached hydrogen (secondary N) is 1. The summed E-state index contributed by atoms with van der Waals surface area (Å²) in [7, 11) is -3.89. The molecule has 3 rings (SSSR count). The topological polar surface area (TPSA) is 85.4 Å². The smallest absolute Gasteiger partial charge is 0.267 e. The fraction of sp³-hybridized carbons (Fsp3) is 0.294. The van der Waals surface area contributed by atoms with Crippen LogP contribution in [0.4, 0.5) is 13.2 Å². The second kappa shape index (κ2) is 7.66. The van der Waals surface area contributed by atoms with Crippen molar-refractivity contribution in [2.24, 2.45) is 0 Å². The highest BCUT2D eigenvalue weighted by molar-refractivity contribution is 7.89. The van der Waals surface area contributed by atoms with Crippen LogP contribution in [0.3, 0.4) is 0 Å². The van der Waals surface area contributed by atoms with Crippen LogP contribution in [0.5, 0.6) is 11.5 Å². The van der Waals surface area contributed by atoms with Crippen molar-refractivity contribution in [2.75, 3.05) is 6.26 Å². The Kier molecular flexibility index (Phi) is 5.72. The molecule has 1 heterocycles. The van der Waals surface area contributed by atoms with Crippen LogP contribution in [0.2, 0.25) is 10.0 Å². The Bertz CT molecular complexity index is 1090. The van der Waals surface area contributed by atoms with E-state index >= 15 is 0 Å². The minimum Gasteiger partial charge on any atom is -0.454 e. The zero-order valence-corrected chi connectivity index (χ0v) is 17.0. The van der Waals surface area contributed by atoms with Crippen LogP contribution in [0.15, 0.2) is 24.4 Å². The van der Waals surface area contributed by atoms with Gasteiger partial charge in [0.1, 0.15) is 17.3 Å². The molecule has 1 amide bonds. The molecule has 1 fully saturated rings. The maximum atomic E-state index is 14.2. The molecule has 29 heavy (non-hydrogen) atoms. The highest BCUT2D eigenvalue weighted by Gasteiger charge is 2.47. The van der Waals surface area contributed by atoms with Crippen molar-refractivity contribution in [3.8, 4) is 11.5 Å². The van der Waals surface area contributed by atoms with Crippen molar-refractivity contribution < 1.29 is 31.1 Å². The molecule has 1 saturated carbocycles. The second-order valence-electron chi connectivity index (χ2n) is 6.57. The van der Waals surface area contributed by atoms with E-state index in [-0.39, 0.29) is 34.4 Å². The van der Waals surface area contributed by atoms with Crippen LogP contribution in [-0.2, 0) is 10.0 Å². The molecular formula is C17H13Cl2F3N2O4S. The number of hydrogen-bond donors (Lipinski definition) is 1. The van der Waals surface area contributed by atoms with E-state index in [1.165, 1.54) is 12.3 Å². The number of halogens is 5. The minimum atomic E-state index is -3.89. The maximum Gasteiger partial charge on any atom is 0.267 e. The van der Waals surface area contributed by atoms with Gasteiger partial charge in [0.15, 0.2) is 0 Å². The van der Waals surface area contributed by atoms with Crippen LogP contribution >= 0.6 is 23.2 Å². The van der Waals surface area contributed by atoms with Gasteiger partial charge in [0.2, 0.25) is 15.9 Å². The van der Waals surface area contributed by atoms with E-state index in [2.05, 4.69) is 4.98 Å². The van der Waals surface area contributed by atoms with E-state index in [0.29, 0.717) is 5.69 Å². The molecular weight excluding hydrogens is 456 g/mol. The first-order valence-electron chi connectivity index (χ1n) is 8.07. The Morgan fingerprint density at radius 1 is 1.24 bits per heavy atom. The molecule has 6 nitrogen and oxygen atoms in total. The number of amides is 1. The summed E-state index contributed by atoms with van der Waals surface area (Å²) >= 11 is 12.1. The van der Waals surface area contributed by atoms with E-state index in [1.54, 1.807) is 4.72 Å². The van der Waals surface area contributed by atoms with Crippen molar-refractivity contribution in [1.29, 1.82) is 0 Å². The maximum absolute atomic E-state index is 14.2. The van der Waals surface area contributed by atoms with Gasteiger partial charge in [0, 0.05) is 30.9 Å². The molecule has 1 aliphatic carbocycles. The van der Waals surface area contributed by atoms with E-state index in [1.807, 2.05) is 0 Å². The van der Waals surface area contributed by atoms with Crippen LogP contribution in [-0.4, -0.2) is 31.5 Å². The molecule has 0 bridgehead atoms. The Morgan fingerprint density at radius 2 is 1.90 bits per heavy atom. The average Bonchev–Trinajstić information content (AvgIpc) is 2.54. The lowest BCUT2D eigenvalue weighted by atomic mass is 9.79. The van der Waals surface area contributed by atoms with Crippen LogP contribution in [0.25, 0.3) is 0 Å². The SMILES string of the molecule is CS(=O)(=O)NC(=O)c1cc(Cl)c(Oc2cnc(C3CC(F)(F)C3)c(Cl)c2)cc1F. The number of pyridine rings is 1. The number of aromatic nitrogens is 1. The van der Waals surface area contributed by atoms with Gasteiger partial charge in [-0.05, 0) is 6.07 Å². The number of nitrogens with zero attached hydrogens (tertiary/aromatic N) is 1. The van der Waals surface area contributed by atoms with Crippen molar-refractivity contribution in [2.45, 2.75) is 24.7 Å². The predicted octanol–water partition coefficient (Wildman–Crippen LogP) is 4.52. The molecule has 0 saturated heterocycles. The molecule has 1 N–H and O–H groups in total. The van der Waals surface area contributed by atoms with E-state index < -0.39 is 39.2 Å². The van der Waals surface area contributed by atoms with Gasteiger partial charge >= 0.3 is 0 Å². The summed E-state index contributed by atoms with van der Waals surface area (Å²) < 4.78 is 69.6. The number of carbonyl (C=O) groups is 1. The fourth-order valence-electron chi connectivity index (χ4n) is 2.77. The van der Waals surface area contributed by atoms with Gasteiger partial charge in [-0.25, -0.2) is 26.3 Å². The van der Waals surface area contributed by atoms with Crippen molar-refractivity contribution in [3.05, 3.63) is 51.5 Å². The van der Waals surface area contributed by atoms with Crippen molar-refractivity contribution >= 4 is 39.1 Å². The lowest BCUT2D eigenvalue weighted by molar-refractivity contribution is -0.0875. The summed E-state index contributed by atoms with van der Waals surface area (Å²) in [6, 6.07) is 3.04. The first-order chi connectivity index (χ1) is 13.3. The quantitative estimate of drug-likeness (QED) is 0.696. The van der Waals surface area contributed by atoms with Gasteiger partial charge in [0.25, 0.3) is 5.91 Å². The molecule has 0 spiro atoms. The Balaban J connectivity index is 1.79. The van der Waals surface area contributed by atoms with Gasteiger partial charge in [0.05, 0.1) is 33.8 Å². The Hall–Kier alpha value is -2.04. The van der Waals surface area contributed by atoms with E-state index in [0.717, 1.165) is 18.4 Å². The number of rotatable bonds is 5. The number of sulfonamides is 1. The van der Waals surface area contributed by atoms with Gasteiger partial charge in [-0.1, -0.05) is 23.2 Å². The number of hydrogen-bond acceptors (Lipinski definition) is 5. The Morgan fingerprint density at radius 3 is 2.45 bits per heavy atom. The molecule has 1 aliphatic rings. The van der Waals surface area contributed by atoms with Crippen LogP contribution in [0.1, 0.15) is 34.8 Å². The molecule has 156 valence electrons. The first kappa shape index (κ1) is 21.7. The van der Waals surface area contributed by atoms with Gasteiger partial charge < -0.3 is 4.74 Å². The normalized spacial score (nSPS) is 16.2. The molecule has 1 aromatic heterocycles. The monoisotopic (exact) mass is 468 g/mol. The average molecular weight is 469 g/mol. The first-order valence-corrected chi connectivity index (χ1v) is 10.7. The van der Waals surface area contributed by atoms with Crippen LogP contribution in [0, 0.1) is 5.82 Å². The molecule has 2 aromatic rings. The zero-order chi connectivity index (χ0) is 21.6. The summed E-state index contributed by atoms with van der Waals surface area (Å²) in [5, 5.41) is -0.0624. The summed E-state index contributed by atoms with van der Waals surface area (Å²) in [5.41, 5.74) is -0.278. The molecule has 1 aromatic carbocycles. The third kappa shape index (κ3) is 5.12. The van der Waals surface area contributed by atoms with E-state index in [4.69, 9.17) is 27.9 Å². The number of alkyl halides is 2. The number of benzene rings is 1. The van der Waals surface area contributed by atoms with E-state index in [9.17, 15) is 26.4 Å². The largest absolute Gasteiger partial charge is 0.454 e. The van der Waals surface area contributed by atoms with Crippen LogP contribution < -0.4 is 9.46 Å². The van der Waals surface area contributed by atoms with Gasteiger partial charge in [-0.15, -0.1) is 0 Å². The van der Waals surface area contributed by atoms with Gasteiger partial charge in [-0.3, -0.25) is 9.78 Å². The molecule has 0 atom stereocenters. The number of carbonyl (C=O) groups excluding carboxylic acids is 1. The lowest BCUT2D eigenvalue weighted by Crippen LogP contribution is -2.34. The van der Waals surface area contributed by atoms with Gasteiger partial charge in [-0.2, -0.15) is 0 Å². The third-order valence-corrected chi connectivity index (χ3v) is 5.25. The minimum absolute atomic E-state index is 0.0690. The fourth-order valence-corrected chi connectivity index (χ4v) is 3.73. The second-order valence-corrected chi connectivity index (χ2v) is 9.13. The van der Waals surface area contributed by atoms with Crippen molar-refractivity contribution in [3.63, 3.8) is 0 Å². The summed E-state index contributed by atoms with van der Waals surface area (Å²) in [6.07, 6.45) is 1.30. The third-order valence-electron chi connectivity index (χ3n) is 4.09. The predicted molar refractivity (Wildman–Crippen MR) is 100.0 cm³/mol. The highest BCUT2D eigenvalue weighted by Crippen LogP contribution is 2.49. The standard InChI is InChI=1S/C17H13Cl2F3N2O4S/c1-29(26,27)24-16(25)10-3-11(18)14(4-13(10)20)28-9-2-12(19)15(23-7-9)8-5-17(21,22)6-8/h2-4,7-8H,5-6H2,1H3,(H,24,25). The summed E-state index contributed by atoms with van der Waals surface area (Å²) in [5.74, 6) is -5.55. The highest BCUT2D eigenvalue weighted by atomic mass is 35.5.